The van der Waals surface area contributed by atoms with Crippen molar-refractivity contribution in [2.45, 2.75) is 76.0 Å². The Morgan fingerprint density at radius 2 is 1.97 bits per heavy atom. The first-order chi connectivity index (χ1) is 16.1. The molecule has 2 aromatic rings. The van der Waals surface area contributed by atoms with Crippen molar-refractivity contribution in [1.82, 2.24) is 10.2 Å². The van der Waals surface area contributed by atoms with Crippen LogP contribution < -0.4 is 10.1 Å². The molecule has 1 amide bonds. The zero-order chi connectivity index (χ0) is 23.0. The lowest BCUT2D eigenvalue weighted by atomic mass is 9.50. The third kappa shape index (κ3) is 4.04. The average molecular weight is 443 g/mol. The molecule has 0 aromatic heterocycles. The summed E-state index contributed by atoms with van der Waals surface area (Å²) in [6.07, 6.45) is 13.6. The first-order valence-electron chi connectivity index (χ1n) is 12.4. The number of ether oxygens (including phenoxy) is 1. The fourth-order valence-corrected chi connectivity index (χ4v) is 6.05. The van der Waals surface area contributed by atoms with Crippen LogP contribution >= 0.6 is 0 Å². The average Bonchev–Trinajstić information content (AvgIpc) is 2.79. The van der Waals surface area contributed by atoms with Crippen LogP contribution in [0, 0.1) is 18.3 Å². The van der Waals surface area contributed by atoms with E-state index in [2.05, 4.69) is 54.6 Å². The second-order valence-electron chi connectivity index (χ2n) is 10.2. The van der Waals surface area contributed by atoms with E-state index in [-0.39, 0.29) is 18.0 Å². The van der Waals surface area contributed by atoms with Crippen LogP contribution in [0.5, 0.6) is 5.75 Å². The van der Waals surface area contributed by atoms with Gasteiger partial charge in [0.15, 0.2) is 0 Å². The predicted molar refractivity (Wildman–Crippen MR) is 131 cm³/mol. The summed E-state index contributed by atoms with van der Waals surface area (Å²) in [6.45, 7) is 3.09. The van der Waals surface area contributed by atoms with Crippen molar-refractivity contribution in [1.29, 1.82) is 0 Å². The molecule has 3 saturated carbocycles. The first kappa shape index (κ1) is 22.0. The summed E-state index contributed by atoms with van der Waals surface area (Å²) in [6, 6.07) is 14.9. The standard InChI is InChI=1S/C29H34N2O2/c1-4-6-7-24-14-23-15-25(33-3)12-13-26(23)28(31(24)27(32)5-2)22-10-8-20(9-11-22)19-30-29-16-21(17-29)18-29/h2,8-13,15,21,24,28,30H,4,6-7,14,16-19H2,1,3H3/t21?,24-,28-,29?/m0/s1. The molecule has 0 unspecified atom stereocenters. The number of nitrogens with zero attached hydrogens (tertiary/aromatic N) is 1. The van der Waals surface area contributed by atoms with E-state index in [1.807, 2.05) is 11.0 Å². The molecule has 4 heteroatoms. The molecule has 0 spiro atoms. The van der Waals surface area contributed by atoms with E-state index in [9.17, 15) is 4.79 Å². The molecule has 4 nitrogen and oxygen atoms in total. The van der Waals surface area contributed by atoms with Crippen LogP contribution in [-0.2, 0) is 17.8 Å². The quantitative estimate of drug-likeness (QED) is 0.585. The highest BCUT2D eigenvalue weighted by molar-refractivity contribution is 5.94. The van der Waals surface area contributed by atoms with Crippen molar-refractivity contribution < 1.29 is 9.53 Å². The highest BCUT2D eigenvalue weighted by Crippen LogP contribution is 2.57. The minimum absolute atomic E-state index is 0.0868. The van der Waals surface area contributed by atoms with Crippen molar-refractivity contribution in [2.24, 2.45) is 5.92 Å². The third-order valence-corrected chi connectivity index (χ3v) is 8.02. The van der Waals surface area contributed by atoms with Crippen LogP contribution in [0.4, 0.5) is 0 Å². The summed E-state index contributed by atoms with van der Waals surface area (Å²) in [5.41, 5.74) is 5.21. The summed E-state index contributed by atoms with van der Waals surface area (Å²) in [4.78, 5) is 15.0. The van der Waals surface area contributed by atoms with Crippen LogP contribution in [-0.4, -0.2) is 29.5 Å². The molecule has 3 fully saturated rings. The van der Waals surface area contributed by atoms with Gasteiger partial charge in [0.25, 0.3) is 5.91 Å². The fraction of sp³-hybridized carbons (Fsp3) is 0.483. The SMILES string of the molecule is C#CC(=O)N1[C@@H](CCCC)Cc2cc(OC)ccc2[C@@H]1c1ccc(CNC23CC(C2)C3)cc1. The highest BCUT2D eigenvalue weighted by atomic mass is 16.5. The number of terminal acetylenes is 1. The molecular weight excluding hydrogens is 408 g/mol. The lowest BCUT2D eigenvalue weighted by Crippen LogP contribution is -2.66. The van der Waals surface area contributed by atoms with Gasteiger partial charge in [-0.25, -0.2) is 0 Å². The minimum Gasteiger partial charge on any atom is -0.497 e. The van der Waals surface area contributed by atoms with Crippen molar-refractivity contribution in [3.05, 3.63) is 64.7 Å². The van der Waals surface area contributed by atoms with Crippen molar-refractivity contribution in [2.75, 3.05) is 7.11 Å². The Morgan fingerprint density at radius 1 is 1.21 bits per heavy atom. The van der Waals surface area contributed by atoms with Gasteiger partial charge in [-0.1, -0.05) is 50.1 Å². The van der Waals surface area contributed by atoms with E-state index in [0.717, 1.165) is 55.0 Å². The number of nitrogens with one attached hydrogen (secondary N) is 1. The Labute approximate surface area is 197 Å². The van der Waals surface area contributed by atoms with Gasteiger partial charge >= 0.3 is 0 Å². The summed E-state index contributed by atoms with van der Waals surface area (Å²) in [5.74, 6) is 4.02. The molecule has 2 aromatic carbocycles. The van der Waals surface area contributed by atoms with Gasteiger partial charge in [0.05, 0.1) is 13.2 Å². The second kappa shape index (κ2) is 8.88. The van der Waals surface area contributed by atoms with E-state index in [0.29, 0.717) is 5.54 Å². The minimum atomic E-state index is -0.225. The van der Waals surface area contributed by atoms with Gasteiger partial charge in [-0.05, 0) is 78.3 Å². The molecule has 1 aliphatic heterocycles. The number of carbonyl (C=O) groups is 1. The molecule has 1 heterocycles. The molecule has 2 atom stereocenters. The Hall–Kier alpha value is -2.77. The number of benzene rings is 2. The largest absolute Gasteiger partial charge is 0.497 e. The van der Waals surface area contributed by atoms with Crippen LogP contribution in [0.2, 0.25) is 0 Å². The van der Waals surface area contributed by atoms with Crippen LogP contribution in [0.1, 0.15) is 73.7 Å². The first-order valence-corrected chi connectivity index (χ1v) is 12.4. The summed E-state index contributed by atoms with van der Waals surface area (Å²) in [5, 5.41) is 3.77. The zero-order valence-electron chi connectivity index (χ0n) is 19.8. The summed E-state index contributed by atoms with van der Waals surface area (Å²) >= 11 is 0. The van der Waals surface area contributed by atoms with Gasteiger partial charge < -0.3 is 15.0 Å². The lowest BCUT2D eigenvalue weighted by Gasteiger charge is -2.62. The number of fused-ring (bicyclic) bond motifs is 1. The molecule has 0 saturated heterocycles. The smallest absolute Gasteiger partial charge is 0.299 e. The van der Waals surface area contributed by atoms with E-state index in [1.165, 1.54) is 30.4 Å². The number of rotatable bonds is 8. The maximum atomic E-state index is 13.0. The monoisotopic (exact) mass is 442 g/mol. The van der Waals surface area contributed by atoms with Gasteiger partial charge in [0.1, 0.15) is 5.75 Å². The number of amides is 1. The highest BCUT2D eigenvalue weighted by Gasteiger charge is 2.55. The molecular formula is C29H34N2O2. The van der Waals surface area contributed by atoms with Crippen molar-refractivity contribution in [3.8, 4) is 18.1 Å². The summed E-state index contributed by atoms with van der Waals surface area (Å²) in [7, 11) is 1.70. The number of hydrogen-bond acceptors (Lipinski definition) is 3. The van der Waals surface area contributed by atoms with E-state index < -0.39 is 0 Å². The van der Waals surface area contributed by atoms with Gasteiger partial charge in [-0.3, -0.25) is 4.79 Å². The number of hydrogen-bond donors (Lipinski definition) is 1. The Bertz CT molecular complexity index is 1050. The molecule has 3 aliphatic carbocycles. The van der Waals surface area contributed by atoms with Gasteiger partial charge in [-0.2, -0.15) is 0 Å². The number of carbonyl (C=O) groups excluding carboxylic acids is 1. The molecule has 6 rings (SSSR count). The Morgan fingerprint density at radius 3 is 2.58 bits per heavy atom. The molecule has 33 heavy (non-hydrogen) atoms. The zero-order valence-corrected chi connectivity index (χ0v) is 19.8. The van der Waals surface area contributed by atoms with Gasteiger partial charge in [0, 0.05) is 18.1 Å². The van der Waals surface area contributed by atoms with E-state index >= 15 is 0 Å². The topological polar surface area (TPSA) is 41.6 Å². The molecule has 0 radical (unpaired) electrons. The Kier molecular flexibility index (Phi) is 5.93. The number of unbranched alkanes of at least 4 members (excludes halogenated alkanes) is 1. The maximum absolute atomic E-state index is 13.0. The molecule has 172 valence electrons. The Balaban J connectivity index is 1.46. The van der Waals surface area contributed by atoms with Gasteiger partial charge in [0.2, 0.25) is 0 Å². The second-order valence-corrected chi connectivity index (χ2v) is 10.2. The van der Waals surface area contributed by atoms with Crippen molar-refractivity contribution >= 4 is 5.91 Å². The third-order valence-electron chi connectivity index (χ3n) is 8.02. The summed E-state index contributed by atoms with van der Waals surface area (Å²) < 4.78 is 5.50. The molecule has 4 aliphatic rings. The number of methoxy groups -OCH3 is 1. The lowest BCUT2D eigenvalue weighted by molar-refractivity contribution is -0.130. The fourth-order valence-electron chi connectivity index (χ4n) is 6.05. The maximum Gasteiger partial charge on any atom is 0.299 e. The predicted octanol–water partition coefficient (Wildman–Crippen LogP) is 5.00. The van der Waals surface area contributed by atoms with E-state index in [4.69, 9.17) is 11.2 Å². The van der Waals surface area contributed by atoms with Crippen molar-refractivity contribution in [3.63, 3.8) is 0 Å². The van der Waals surface area contributed by atoms with Crippen LogP contribution in [0.3, 0.4) is 0 Å². The normalized spacial score (nSPS) is 27.1. The van der Waals surface area contributed by atoms with Crippen LogP contribution in [0.25, 0.3) is 0 Å². The molecule has 2 bridgehead atoms. The van der Waals surface area contributed by atoms with Gasteiger partial charge in [-0.15, -0.1) is 6.42 Å². The van der Waals surface area contributed by atoms with Crippen LogP contribution in [0.15, 0.2) is 42.5 Å². The van der Waals surface area contributed by atoms with E-state index in [1.54, 1.807) is 7.11 Å². The molecule has 1 N–H and O–H groups in total.